The van der Waals surface area contributed by atoms with Crippen molar-refractivity contribution >= 4 is 5.71 Å². The van der Waals surface area contributed by atoms with Gasteiger partial charge in [0, 0.05) is 5.41 Å². The summed E-state index contributed by atoms with van der Waals surface area (Å²) >= 11 is 0. The molecule has 2 fully saturated rings. The minimum atomic E-state index is 0.0420. The minimum Gasteiger partial charge on any atom is -0.393 e. The topological polar surface area (TPSA) is 41.8 Å². The molecular formula is C12H21NO2. The van der Waals surface area contributed by atoms with E-state index in [-0.39, 0.29) is 12.0 Å². The lowest BCUT2D eigenvalue weighted by Gasteiger charge is -2.34. The average molecular weight is 211 g/mol. The zero-order chi connectivity index (χ0) is 11.1. The number of hydrogen-bond donors (Lipinski definition) is 1. The third kappa shape index (κ3) is 1.40. The molecule has 0 saturated heterocycles. The van der Waals surface area contributed by atoms with Crippen molar-refractivity contribution in [3.63, 3.8) is 0 Å². The summed E-state index contributed by atoms with van der Waals surface area (Å²) in [6.45, 7) is 7.35. The molecule has 0 heterocycles. The van der Waals surface area contributed by atoms with Crippen LogP contribution < -0.4 is 0 Å². The standard InChI is InChI=1S/C12H21NO2/c1-11(2)9-4-5-12(11,3)10(8-9)13-15-7-6-14/h9,14H,4-8H2,1-3H3. The Hall–Kier alpha value is -0.570. The molecule has 0 amide bonds. The van der Waals surface area contributed by atoms with Crippen LogP contribution in [0.25, 0.3) is 0 Å². The summed E-state index contributed by atoms with van der Waals surface area (Å²) in [6.07, 6.45) is 3.63. The van der Waals surface area contributed by atoms with Crippen LogP contribution in [0.1, 0.15) is 40.0 Å². The fraction of sp³-hybridized carbons (Fsp3) is 0.917. The van der Waals surface area contributed by atoms with Gasteiger partial charge >= 0.3 is 0 Å². The molecule has 0 aliphatic heterocycles. The molecule has 2 saturated carbocycles. The maximum atomic E-state index is 8.64. The van der Waals surface area contributed by atoms with Crippen molar-refractivity contribution in [2.75, 3.05) is 13.2 Å². The monoisotopic (exact) mass is 211 g/mol. The molecule has 0 aromatic rings. The Morgan fingerprint density at radius 3 is 2.67 bits per heavy atom. The first-order valence-electron chi connectivity index (χ1n) is 5.82. The largest absolute Gasteiger partial charge is 0.393 e. The number of nitrogens with zero attached hydrogens (tertiary/aromatic N) is 1. The van der Waals surface area contributed by atoms with Gasteiger partial charge in [-0.3, -0.25) is 0 Å². The SMILES string of the molecule is CC12CCC(CC1=NOCCO)C2(C)C. The molecule has 0 aromatic carbocycles. The van der Waals surface area contributed by atoms with Crippen molar-refractivity contribution in [2.24, 2.45) is 21.9 Å². The molecule has 15 heavy (non-hydrogen) atoms. The molecule has 3 nitrogen and oxygen atoms in total. The van der Waals surface area contributed by atoms with Gasteiger partial charge in [0.1, 0.15) is 6.61 Å². The van der Waals surface area contributed by atoms with E-state index < -0.39 is 0 Å². The van der Waals surface area contributed by atoms with E-state index in [1.165, 1.54) is 18.6 Å². The average Bonchev–Trinajstić information content (AvgIpc) is 2.51. The maximum absolute atomic E-state index is 8.64. The summed E-state index contributed by atoms with van der Waals surface area (Å²) in [5.41, 5.74) is 1.78. The van der Waals surface area contributed by atoms with E-state index in [2.05, 4.69) is 25.9 Å². The zero-order valence-electron chi connectivity index (χ0n) is 9.92. The maximum Gasteiger partial charge on any atom is 0.140 e. The van der Waals surface area contributed by atoms with E-state index in [1.54, 1.807) is 0 Å². The quantitative estimate of drug-likeness (QED) is 0.574. The summed E-state index contributed by atoms with van der Waals surface area (Å²) in [7, 11) is 0. The Morgan fingerprint density at radius 2 is 2.20 bits per heavy atom. The third-order valence-electron chi connectivity index (χ3n) is 4.87. The Bertz CT molecular complexity index is 285. The van der Waals surface area contributed by atoms with E-state index in [0.29, 0.717) is 12.0 Å². The second kappa shape index (κ2) is 3.48. The lowest BCUT2D eigenvalue weighted by molar-refractivity contribution is 0.0945. The van der Waals surface area contributed by atoms with Gasteiger partial charge in [-0.15, -0.1) is 0 Å². The van der Waals surface area contributed by atoms with E-state index >= 15 is 0 Å². The smallest absolute Gasteiger partial charge is 0.140 e. The van der Waals surface area contributed by atoms with Crippen molar-refractivity contribution in [1.82, 2.24) is 0 Å². The van der Waals surface area contributed by atoms with Gasteiger partial charge in [0.05, 0.1) is 12.3 Å². The Kier molecular flexibility index (Phi) is 2.53. The predicted molar refractivity (Wildman–Crippen MR) is 59.7 cm³/mol. The van der Waals surface area contributed by atoms with Crippen molar-refractivity contribution in [1.29, 1.82) is 0 Å². The van der Waals surface area contributed by atoms with Gasteiger partial charge in [-0.2, -0.15) is 0 Å². The van der Waals surface area contributed by atoms with Gasteiger partial charge in [-0.1, -0.05) is 25.9 Å². The fourth-order valence-corrected chi connectivity index (χ4v) is 3.23. The first-order chi connectivity index (χ1) is 7.02. The first-order valence-corrected chi connectivity index (χ1v) is 5.82. The van der Waals surface area contributed by atoms with Crippen LogP contribution in [0, 0.1) is 16.7 Å². The molecule has 2 aliphatic carbocycles. The van der Waals surface area contributed by atoms with Gasteiger partial charge < -0.3 is 9.94 Å². The Morgan fingerprint density at radius 1 is 1.47 bits per heavy atom. The van der Waals surface area contributed by atoms with Crippen molar-refractivity contribution in [3.05, 3.63) is 0 Å². The van der Waals surface area contributed by atoms with Crippen molar-refractivity contribution < 1.29 is 9.94 Å². The molecule has 0 spiro atoms. The molecule has 0 radical (unpaired) electrons. The normalized spacial score (nSPS) is 40.0. The third-order valence-corrected chi connectivity index (χ3v) is 4.87. The summed E-state index contributed by atoms with van der Waals surface area (Å²) in [5.74, 6) is 0.763. The zero-order valence-corrected chi connectivity index (χ0v) is 9.92. The van der Waals surface area contributed by atoms with Crippen LogP contribution >= 0.6 is 0 Å². The fourth-order valence-electron chi connectivity index (χ4n) is 3.23. The lowest BCUT2D eigenvalue weighted by atomic mass is 9.70. The van der Waals surface area contributed by atoms with Gasteiger partial charge in [0.15, 0.2) is 0 Å². The number of hydrogen-bond acceptors (Lipinski definition) is 3. The van der Waals surface area contributed by atoms with E-state index in [0.717, 1.165) is 12.3 Å². The van der Waals surface area contributed by atoms with Crippen LogP contribution in [0.3, 0.4) is 0 Å². The summed E-state index contributed by atoms with van der Waals surface area (Å²) in [6, 6.07) is 0. The van der Waals surface area contributed by atoms with Crippen LogP contribution in [0.2, 0.25) is 0 Å². The molecule has 2 bridgehead atoms. The van der Waals surface area contributed by atoms with Crippen LogP contribution in [-0.2, 0) is 4.84 Å². The van der Waals surface area contributed by atoms with Gasteiger partial charge in [-0.25, -0.2) is 0 Å². The molecule has 86 valence electrons. The molecule has 0 aromatic heterocycles. The second-order valence-electron chi connectivity index (χ2n) is 5.59. The van der Waals surface area contributed by atoms with E-state index in [1.807, 2.05) is 0 Å². The highest BCUT2D eigenvalue weighted by Crippen LogP contribution is 2.63. The number of fused-ring (bicyclic) bond motifs is 2. The van der Waals surface area contributed by atoms with Crippen LogP contribution in [0.15, 0.2) is 5.16 Å². The van der Waals surface area contributed by atoms with Crippen LogP contribution in [-0.4, -0.2) is 24.0 Å². The molecular weight excluding hydrogens is 190 g/mol. The molecule has 2 unspecified atom stereocenters. The molecule has 2 atom stereocenters. The number of aliphatic hydroxyl groups excluding tert-OH is 1. The summed E-state index contributed by atoms with van der Waals surface area (Å²) in [5, 5.41) is 12.9. The summed E-state index contributed by atoms with van der Waals surface area (Å²) < 4.78 is 0. The predicted octanol–water partition coefficient (Wildman–Crippen LogP) is 2.20. The number of aliphatic hydroxyl groups is 1. The van der Waals surface area contributed by atoms with Crippen LogP contribution in [0.5, 0.6) is 0 Å². The van der Waals surface area contributed by atoms with Crippen molar-refractivity contribution in [3.8, 4) is 0 Å². The molecule has 3 heteroatoms. The highest BCUT2D eigenvalue weighted by atomic mass is 16.6. The Balaban J connectivity index is 2.15. The molecule has 1 N–H and O–H groups in total. The Labute approximate surface area is 91.5 Å². The lowest BCUT2D eigenvalue weighted by Crippen LogP contribution is -2.32. The number of rotatable bonds is 3. The van der Waals surface area contributed by atoms with Crippen LogP contribution in [0.4, 0.5) is 0 Å². The number of oxime groups is 1. The van der Waals surface area contributed by atoms with E-state index in [9.17, 15) is 0 Å². The second-order valence-corrected chi connectivity index (χ2v) is 5.59. The van der Waals surface area contributed by atoms with E-state index in [4.69, 9.17) is 9.94 Å². The molecule has 2 rings (SSSR count). The molecule has 2 aliphatic rings. The van der Waals surface area contributed by atoms with Gasteiger partial charge in [0.2, 0.25) is 0 Å². The highest BCUT2D eigenvalue weighted by molar-refractivity contribution is 5.93. The minimum absolute atomic E-state index is 0.0420. The summed E-state index contributed by atoms with van der Waals surface area (Å²) in [4.78, 5) is 5.12. The highest BCUT2D eigenvalue weighted by Gasteiger charge is 2.60. The van der Waals surface area contributed by atoms with Crippen molar-refractivity contribution in [2.45, 2.75) is 40.0 Å². The van der Waals surface area contributed by atoms with Gasteiger partial charge in [-0.05, 0) is 30.6 Å². The van der Waals surface area contributed by atoms with Gasteiger partial charge in [0.25, 0.3) is 0 Å². The first kappa shape index (κ1) is 10.9.